The minimum atomic E-state index is -0.701. The largest absolute Gasteiger partial charge is 0.497 e. The highest BCUT2D eigenvalue weighted by Crippen LogP contribution is 2.33. The number of aryl methyl sites for hydroxylation is 1. The first-order chi connectivity index (χ1) is 14.9. The van der Waals surface area contributed by atoms with Crippen LogP contribution in [0, 0.1) is 10.1 Å². The molecule has 0 amide bonds. The smallest absolute Gasteiger partial charge is 0.340 e. The van der Waals surface area contributed by atoms with Crippen molar-refractivity contribution < 1.29 is 23.9 Å². The van der Waals surface area contributed by atoms with Gasteiger partial charge < -0.3 is 24.1 Å². The molecule has 10 nitrogen and oxygen atoms in total. The summed E-state index contributed by atoms with van der Waals surface area (Å²) in [6, 6.07) is 8.80. The van der Waals surface area contributed by atoms with E-state index in [2.05, 4.69) is 10.3 Å². The number of non-ortho nitro benzene ring substituents is 1. The summed E-state index contributed by atoms with van der Waals surface area (Å²) in [6.45, 7) is 0. The highest BCUT2D eigenvalue weighted by Gasteiger charge is 2.24. The number of ether oxygens (including phenoxy) is 3. The highest BCUT2D eigenvalue weighted by atomic mass is 16.6. The van der Waals surface area contributed by atoms with E-state index in [9.17, 15) is 14.9 Å². The zero-order valence-corrected chi connectivity index (χ0v) is 17.5. The second-order valence-corrected chi connectivity index (χ2v) is 6.60. The quantitative estimate of drug-likeness (QED) is 0.331. The summed E-state index contributed by atoms with van der Waals surface area (Å²) in [7, 11) is 6.15. The van der Waals surface area contributed by atoms with Crippen LogP contribution in [-0.4, -0.2) is 41.8 Å². The molecule has 10 heteroatoms. The molecule has 2 aromatic carbocycles. The molecule has 0 saturated carbocycles. The van der Waals surface area contributed by atoms with E-state index in [-0.39, 0.29) is 11.3 Å². The standard InChI is InChI=1S/C21H22N4O6/c1-24-8-7-22-20(24)19(13-9-15(29-2)12-16(10-13)30-3)23-18-6-5-14(25(27)28)11-17(18)21(26)31-4/h5-12,19,23H,1-4H3. The average molecular weight is 426 g/mol. The number of aromatic nitrogens is 2. The Morgan fingerprint density at radius 1 is 1.13 bits per heavy atom. The predicted molar refractivity (Wildman–Crippen MR) is 113 cm³/mol. The fourth-order valence-corrected chi connectivity index (χ4v) is 3.15. The van der Waals surface area contributed by atoms with Crippen LogP contribution in [0.25, 0.3) is 0 Å². The third-order valence-electron chi connectivity index (χ3n) is 4.74. The summed E-state index contributed by atoms with van der Waals surface area (Å²) < 4.78 is 17.4. The molecule has 1 N–H and O–H groups in total. The Bertz CT molecular complexity index is 1090. The summed E-state index contributed by atoms with van der Waals surface area (Å²) in [5.74, 6) is 1.09. The molecule has 162 valence electrons. The lowest BCUT2D eigenvalue weighted by Crippen LogP contribution is -2.19. The minimum Gasteiger partial charge on any atom is -0.497 e. The van der Waals surface area contributed by atoms with Gasteiger partial charge in [-0.05, 0) is 23.8 Å². The van der Waals surface area contributed by atoms with Crippen LogP contribution >= 0.6 is 0 Å². The first kappa shape index (κ1) is 21.6. The summed E-state index contributed by atoms with van der Waals surface area (Å²) >= 11 is 0. The Labute approximate surface area is 178 Å². The molecule has 1 heterocycles. The molecule has 0 spiro atoms. The number of rotatable bonds is 8. The van der Waals surface area contributed by atoms with Gasteiger partial charge in [-0.2, -0.15) is 0 Å². The second kappa shape index (κ2) is 9.16. The minimum absolute atomic E-state index is 0.0331. The van der Waals surface area contributed by atoms with E-state index in [0.29, 0.717) is 23.0 Å². The summed E-state index contributed by atoms with van der Waals surface area (Å²) in [6.07, 6.45) is 3.44. The molecular formula is C21H22N4O6. The highest BCUT2D eigenvalue weighted by molar-refractivity contribution is 5.96. The van der Waals surface area contributed by atoms with Crippen LogP contribution in [0.3, 0.4) is 0 Å². The number of nitrogens with zero attached hydrogens (tertiary/aromatic N) is 3. The van der Waals surface area contributed by atoms with Gasteiger partial charge in [0.15, 0.2) is 0 Å². The molecule has 0 aliphatic rings. The number of benzene rings is 2. The molecule has 0 fully saturated rings. The molecule has 1 unspecified atom stereocenters. The van der Waals surface area contributed by atoms with Crippen LogP contribution in [-0.2, 0) is 11.8 Å². The van der Waals surface area contributed by atoms with Gasteiger partial charge in [-0.15, -0.1) is 0 Å². The Balaban J connectivity index is 2.14. The van der Waals surface area contributed by atoms with Crippen LogP contribution < -0.4 is 14.8 Å². The maximum atomic E-state index is 12.3. The van der Waals surface area contributed by atoms with Crippen molar-refractivity contribution in [1.29, 1.82) is 0 Å². The van der Waals surface area contributed by atoms with Gasteiger partial charge in [0.2, 0.25) is 0 Å². The second-order valence-electron chi connectivity index (χ2n) is 6.60. The fourth-order valence-electron chi connectivity index (χ4n) is 3.15. The van der Waals surface area contributed by atoms with E-state index in [0.717, 1.165) is 5.56 Å². The number of carbonyl (C=O) groups is 1. The molecule has 0 saturated heterocycles. The number of anilines is 1. The van der Waals surface area contributed by atoms with Crippen molar-refractivity contribution in [3.8, 4) is 11.5 Å². The fraction of sp³-hybridized carbons (Fsp3) is 0.238. The van der Waals surface area contributed by atoms with Crippen LogP contribution in [0.1, 0.15) is 27.8 Å². The third-order valence-corrected chi connectivity index (χ3v) is 4.74. The van der Waals surface area contributed by atoms with Gasteiger partial charge in [0, 0.05) is 37.6 Å². The molecule has 1 aromatic heterocycles. The van der Waals surface area contributed by atoms with Crippen molar-refractivity contribution in [3.05, 3.63) is 75.9 Å². The van der Waals surface area contributed by atoms with E-state index in [4.69, 9.17) is 14.2 Å². The Kier molecular flexibility index (Phi) is 6.39. The number of nitro groups is 1. The molecule has 0 radical (unpaired) electrons. The third kappa shape index (κ3) is 4.58. The van der Waals surface area contributed by atoms with Gasteiger partial charge in [0.25, 0.3) is 5.69 Å². The van der Waals surface area contributed by atoms with E-state index >= 15 is 0 Å². The number of carbonyl (C=O) groups excluding carboxylic acids is 1. The maximum absolute atomic E-state index is 12.3. The van der Waals surface area contributed by atoms with Crippen molar-refractivity contribution in [2.45, 2.75) is 6.04 Å². The molecule has 31 heavy (non-hydrogen) atoms. The zero-order chi connectivity index (χ0) is 22.5. The summed E-state index contributed by atoms with van der Waals surface area (Å²) in [5.41, 5.74) is 0.917. The van der Waals surface area contributed by atoms with E-state index < -0.39 is 16.9 Å². The lowest BCUT2D eigenvalue weighted by molar-refractivity contribution is -0.384. The number of methoxy groups -OCH3 is 3. The number of imidazole rings is 1. The van der Waals surface area contributed by atoms with E-state index in [1.807, 2.05) is 23.7 Å². The molecule has 0 aliphatic heterocycles. The van der Waals surface area contributed by atoms with Crippen LogP contribution in [0.5, 0.6) is 11.5 Å². The first-order valence-electron chi connectivity index (χ1n) is 9.21. The number of nitrogens with one attached hydrogen (secondary N) is 1. The van der Waals surface area contributed by atoms with Crippen molar-refractivity contribution in [2.75, 3.05) is 26.6 Å². The molecule has 1 atom stereocenters. The van der Waals surface area contributed by atoms with Crippen molar-refractivity contribution in [1.82, 2.24) is 9.55 Å². The van der Waals surface area contributed by atoms with Gasteiger partial charge in [0.05, 0.1) is 37.5 Å². The number of hydrogen-bond donors (Lipinski definition) is 1. The summed E-state index contributed by atoms with van der Waals surface area (Å²) in [4.78, 5) is 27.4. The molecule has 3 aromatic rings. The molecular weight excluding hydrogens is 404 g/mol. The SMILES string of the molecule is COC(=O)c1cc([N+](=O)[O-])ccc1NC(c1cc(OC)cc(OC)c1)c1nccn1C. The number of esters is 1. The average Bonchev–Trinajstić information content (AvgIpc) is 3.21. The maximum Gasteiger partial charge on any atom is 0.340 e. The van der Waals surface area contributed by atoms with Crippen LogP contribution in [0.2, 0.25) is 0 Å². The number of hydrogen-bond acceptors (Lipinski definition) is 8. The Morgan fingerprint density at radius 2 is 1.81 bits per heavy atom. The topological polar surface area (TPSA) is 118 Å². The van der Waals surface area contributed by atoms with Gasteiger partial charge in [0.1, 0.15) is 23.4 Å². The summed E-state index contributed by atoms with van der Waals surface area (Å²) in [5, 5.41) is 14.5. The van der Waals surface area contributed by atoms with Gasteiger partial charge in [-0.25, -0.2) is 9.78 Å². The van der Waals surface area contributed by atoms with Crippen molar-refractivity contribution >= 4 is 17.3 Å². The predicted octanol–water partition coefficient (Wildman–Crippen LogP) is 3.33. The van der Waals surface area contributed by atoms with Crippen LogP contribution in [0.4, 0.5) is 11.4 Å². The first-order valence-corrected chi connectivity index (χ1v) is 9.21. The lowest BCUT2D eigenvalue weighted by Gasteiger charge is -2.22. The monoisotopic (exact) mass is 426 g/mol. The van der Waals surface area contributed by atoms with Crippen LogP contribution in [0.15, 0.2) is 48.8 Å². The number of nitro benzene ring substituents is 1. The molecule has 0 bridgehead atoms. The molecule has 0 aliphatic carbocycles. The van der Waals surface area contributed by atoms with Gasteiger partial charge in [-0.3, -0.25) is 10.1 Å². The van der Waals surface area contributed by atoms with Gasteiger partial charge in [-0.1, -0.05) is 0 Å². The zero-order valence-electron chi connectivity index (χ0n) is 17.5. The van der Waals surface area contributed by atoms with E-state index in [1.54, 1.807) is 32.7 Å². The lowest BCUT2D eigenvalue weighted by atomic mass is 10.0. The van der Waals surface area contributed by atoms with Gasteiger partial charge >= 0.3 is 5.97 Å². The Hall–Kier alpha value is -4.08. The molecule has 3 rings (SSSR count). The van der Waals surface area contributed by atoms with Crippen molar-refractivity contribution in [2.24, 2.45) is 7.05 Å². The van der Waals surface area contributed by atoms with E-state index in [1.165, 1.54) is 25.3 Å². The van der Waals surface area contributed by atoms with Crippen molar-refractivity contribution in [3.63, 3.8) is 0 Å². The Morgan fingerprint density at radius 3 is 2.32 bits per heavy atom. The normalized spacial score (nSPS) is 11.5.